The number of phenols is 1. The Bertz CT molecular complexity index is 1030. The first-order valence-corrected chi connectivity index (χ1v) is 7.98. The van der Waals surface area contributed by atoms with Crippen molar-refractivity contribution < 1.29 is 9.90 Å². The summed E-state index contributed by atoms with van der Waals surface area (Å²) < 4.78 is 1.95. The van der Waals surface area contributed by atoms with Gasteiger partial charge in [0.25, 0.3) is 5.91 Å². The standard InChI is InChI=1S/C21H16N2O2/c24-17-12-10-16(11-13-17)23-14-19(18-8-4-5-9-20(18)23)21(25)22-15-6-2-1-3-7-15/h1-14,24H,(H,22,25). The number of hydrogen-bond donors (Lipinski definition) is 2. The number of aromatic hydroxyl groups is 1. The van der Waals surface area contributed by atoms with E-state index in [0.717, 1.165) is 22.3 Å². The molecule has 4 nitrogen and oxygen atoms in total. The summed E-state index contributed by atoms with van der Waals surface area (Å²) in [5.74, 6) is 0.0576. The smallest absolute Gasteiger partial charge is 0.257 e. The average Bonchev–Trinajstić information content (AvgIpc) is 3.03. The molecule has 1 amide bonds. The molecule has 25 heavy (non-hydrogen) atoms. The number of rotatable bonds is 3. The lowest BCUT2D eigenvalue weighted by Gasteiger charge is -2.05. The summed E-state index contributed by atoms with van der Waals surface area (Å²) >= 11 is 0. The lowest BCUT2D eigenvalue weighted by atomic mass is 10.1. The van der Waals surface area contributed by atoms with E-state index in [1.165, 1.54) is 0 Å². The maximum Gasteiger partial charge on any atom is 0.257 e. The molecule has 0 radical (unpaired) electrons. The Morgan fingerprint density at radius 1 is 0.840 bits per heavy atom. The summed E-state index contributed by atoms with van der Waals surface area (Å²) in [5, 5.41) is 13.3. The van der Waals surface area contributed by atoms with Gasteiger partial charge in [0.2, 0.25) is 0 Å². The van der Waals surface area contributed by atoms with Gasteiger partial charge in [0.05, 0.1) is 11.1 Å². The van der Waals surface area contributed by atoms with Gasteiger partial charge in [-0.1, -0.05) is 36.4 Å². The van der Waals surface area contributed by atoms with Gasteiger partial charge in [0.15, 0.2) is 0 Å². The number of carbonyl (C=O) groups excluding carboxylic acids is 1. The summed E-state index contributed by atoms with van der Waals surface area (Å²) in [5.41, 5.74) is 3.18. The van der Waals surface area contributed by atoms with E-state index in [1.807, 2.05) is 77.5 Å². The summed E-state index contributed by atoms with van der Waals surface area (Å²) in [6.45, 7) is 0. The fourth-order valence-corrected chi connectivity index (χ4v) is 2.91. The van der Waals surface area contributed by atoms with E-state index in [1.54, 1.807) is 12.1 Å². The molecule has 0 bridgehead atoms. The number of fused-ring (bicyclic) bond motifs is 1. The van der Waals surface area contributed by atoms with Crippen molar-refractivity contribution in [3.8, 4) is 11.4 Å². The number of aromatic nitrogens is 1. The molecule has 3 aromatic carbocycles. The number of benzene rings is 3. The van der Waals surface area contributed by atoms with Crippen LogP contribution in [0.25, 0.3) is 16.6 Å². The molecule has 4 rings (SSSR count). The van der Waals surface area contributed by atoms with Crippen LogP contribution in [0, 0.1) is 0 Å². The van der Waals surface area contributed by atoms with Crippen LogP contribution in [0.3, 0.4) is 0 Å². The first kappa shape index (κ1) is 15.0. The van der Waals surface area contributed by atoms with Gasteiger partial charge in [-0.3, -0.25) is 4.79 Å². The zero-order chi connectivity index (χ0) is 17.2. The van der Waals surface area contributed by atoms with Crippen molar-refractivity contribution in [2.45, 2.75) is 0 Å². The molecule has 4 heteroatoms. The van der Waals surface area contributed by atoms with Crippen LogP contribution in [0.5, 0.6) is 5.75 Å². The minimum atomic E-state index is -0.153. The number of nitrogens with zero attached hydrogens (tertiary/aromatic N) is 1. The molecule has 0 unspecified atom stereocenters. The third-order valence-corrected chi connectivity index (χ3v) is 4.12. The predicted octanol–water partition coefficient (Wildman–Crippen LogP) is 4.59. The van der Waals surface area contributed by atoms with Gasteiger partial charge in [0, 0.05) is 23.0 Å². The van der Waals surface area contributed by atoms with Crippen molar-refractivity contribution in [3.05, 3.63) is 90.6 Å². The summed E-state index contributed by atoms with van der Waals surface area (Å²) in [6.07, 6.45) is 1.83. The molecule has 1 heterocycles. The first-order valence-electron chi connectivity index (χ1n) is 7.98. The summed E-state index contributed by atoms with van der Waals surface area (Å²) in [4.78, 5) is 12.8. The maximum absolute atomic E-state index is 12.8. The molecular formula is C21H16N2O2. The average molecular weight is 328 g/mol. The number of amides is 1. The van der Waals surface area contributed by atoms with Crippen LogP contribution in [0.2, 0.25) is 0 Å². The minimum Gasteiger partial charge on any atom is -0.508 e. The molecule has 0 fully saturated rings. The summed E-state index contributed by atoms with van der Waals surface area (Å²) in [6, 6.07) is 24.1. The molecule has 0 saturated carbocycles. The number of nitrogens with one attached hydrogen (secondary N) is 1. The van der Waals surface area contributed by atoms with Gasteiger partial charge in [0.1, 0.15) is 5.75 Å². The minimum absolute atomic E-state index is 0.153. The normalized spacial score (nSPS) is 10.7. The Labute approximate surface area is 145 Å². The Morgan fingerprint density at radius 2 is 1.52 bits per heavy atom. The molecule has 4 aromatic rings. The van der Waals surface area contributed by atoms with Crippen molar-refractivity contribution in [2.24, 2.45) is 0 Å². The second-order valence-electron chi connectivity index (χ2n) is 5.77. The van der Waals surface area contributed by atoms with E-state index < -0.39 is 0 Å². The Hall–Kier alpha value is -3.53. The molecule has 0 spiro atoms. The molecule has 0 saturated heterocycles. The zero-order valence-corrected chi connectivity index (χ0v) is 13.4. The number of anilines is 1. The van der Waals surface area contributed by atoms with Crippen molar-refractivity contribution in [2.75, 3.05) is 5.32 Å². The maximum atomic E-state index is 12.8. The molecule has 1 aromatic heterocycles. The zero-order valence-electron chi connectivity index (χ0n) is 13.4. The number of phenolic OH excluding ortho intramolecular Hbond substituents is 1. The van der Waals surface area contributed by atoms with Gasteiger partial charge in [-0.2, -0.15) is 0 Å². The van der Waals surface area contributed by atoms with Gasteiger partial charge < -0.3 is 15.0 Å². The van der Waals surface area contributed by atoms with Crippen molar-refractivity contribution >= 4 is 22.5 Å². The SMILES string of the molecule is O=C(Nc1ccccc1)c1cn(-c2ccc(O)cc2)c2ccccc12. The molecule has 0 aliphatic rings. The highest BCUT2D eigenvalue weighted by atomic mass is 16.3. The van der Waals surface area contributed by atoms with Crippen molar-refractivity contribution in [3.63, 3.8) is 0 Å². The van der Waals surface area contributed by atoms with Crippen LogP contribution >= 0.6 is 0 Å². The van der Waals surface area contributed by atoms with E-state index in [4.69, 9.17) is 0 Å². The largest absolute Gasteiger partial charge is 0.508 e. The topological polar surface area (TPSA) is 54.3 Å². The highest BCUT2D eigenvalue weighted by Crippen LogP contribution is 2.26. The highest BCUT2D eigenvalue weighted by Gasteiger charge is 2.15. The van der Waals surface area contributed by atoms with Crippen molar-refractivity contribution in [1.82, 2.24) is 4.57 Å². The molecule has 122 valence electrons. The second-order valence-corrected chi connectivity index (χ2v) is 5.77. The predicted molar refractivity (Wildman–Crippen MR) is 99.3 cm³/mol. The van der Waals surface area contributed by atoms with Crippen LogP contribution in [0.15, 0.2) is 85.1 Å². The van der Waals surface area contributed by atoms with E-state index >= 15 is 0 Å². The van der Waals surface area contributed by atoms with E-state index in [0.29, 0.717) is 5.56 Å². The van der Waals surface area contributed by atoms with Crippen LogP contribution in [-0.4, -0.2) is 15.6 Å². The van der Waals surface area contributed by atoms with Gasteiger partial charge in [-0.05, 0) is 42.5 Å². The van der Waals surface area contributed by atoms with E-state index in [2.05, 4.69) is 5.32 Å². The number of hydrogen-bond acceptors (Lipinski definition) is 2. The van der Waals surface area contributed by atoms with Crippen LogP contribution in [0.1, 0.15) is 10.4 Å². The van der Waals surface area contributed by atoms with E-state index in [-0.39, 0.29) is 11.7 Å². The number of carbonyl (C=O) groups is 1. The van der Waals surface area contributed by atoms with Gasteiger partial charge in [-0.25, -0.2) is 0 Å². The van der Waals surface area contributed by atoms with Crippen LogP contribution < -0.4 is 5.32 Å². The Kier molecular flexibility index (Phi) is 3.71. The number of para-hydroxylation sites is 2. The van der Waals surface area contributed by atoms with Crippen LogP contribution in [0.4, 0.5) is 5.69 Å². The lowest BCUT2D eigenvalue weighted by molar-refractivity contribution is 0.102. The van der Waals surface area contributed by atoms with E-state index in [9.17, 15) is 9.90 Å². The third kappa shape index (κ3) is 2.85. The molecule has 0 aliphatic carbocycles. The second kappa shape index (κ2) is 6.17. The molecular weight excluding hydrogens is 312 g/mol. The Morgan fingerprint density at radius 3 is 2.28 bits per heavy atom. The summed E-state index contributed by atoms with van der Waals surface area (Å²) in [7, 11) is 0. The monoisotopic (exact) mass is 328 g/mol. The van der Waals surface area contributed by atoms with Gasteiger partial charge in [-0.15, -0.1) is 0 Å². The first-order chi connectivity index (χ1) is 12.2. The molecule has 0 atom stereocenters. The fraction of sp³-hybridized carbons (Fsp3) is 0. The highest BCUT2D eigenvalue weighted by molar-refractivity contribution is 6.13. The Balaban J connectivity index is 1.79. The lowest BCUT2D eigenvalue weighted by Crippen LogP contribution is -2.11. The van der Waals surface area contributed by atoms with Crippen LogP contribution in [-0.2, 0) is 0 Å². The third-order valence-electron chi connectivity index (χ3n) is 4.12. The van der Waals surface area contributed by atoms with Crippen molar-refractivity contribution in [1.29, 1.82) is 0 Å². The fourth-order valence-electron chi connectivity index (χ4n) is 2.91. The van der Waals surface area contributed by atoms with Gasteiger partial charge >= 0.3 is 0 Å². The quantitative estimate of drug-likeness (QED) is 0.578. The molecule has 2 N–H and O–H groups in total. The molecule has 0 aliphatic heterocycles.